The van der Waals surface area contributed by atoms with E-state index in [2.05, 4.69) is 0 Å². The summed E-state index contributed by atoms with van der Waals surface area (Å²) in [6.07, 6.45) is -0.589. The number of rotatable bonds is 5. The van der Waals surface area contributed by atoms with Gasteiger partial charge in [-0.25, -0.2) is 0 Å². The predicted molar refractivity (Wildman–Crippen MR) is 59.6 cm³/mol. The van der Waals surface area contributed by atoms with E-state index in [-0.39, 0.29) is 5.75 Å². The lowest BCUT2D eigenvalue weighted by Gasteiger charge is -2.19. The highest BCUT2D eigenvalue weighted by Gasteiger charge is 2.10. The quantitative estimate of drug-likeness (QED) is 0.654. The van der Waals surface area contributed by atoms with Crippen LogP contribution in [0.4, 0.5) is 0 Å². The number of phenols is 1. The molecule has 4 N–H and O–H groups in total. The first-order chi connectivity index (χ1) is 7.13. The van der Waals surface area contributed by atoms with Gasteiger partial charge in [-0.1, -0.05) is 12.1 Å². The summed E-state index contributed by atoms with van der Waals surface area (Å²) in [5.41, 5.74) is 6.13. The number of likely N-dealkylation sites (N-methyl/N-ethyl adjacent to an activating group) is 1. The number of hydrogen-bond acceptors (Lipinski definition) is 4. The average Bonchev–Trinajstić information content (AvgIpc) is 2.18. The minimum atomic E-state index is -0.589. The Bertz CT molecular complexity index is 304. The van der Waals surface area contributed by atoms with Crippen molar-refractivity contribution < 1.29 is 10.2 Å². The Kier molecular flexibility index (Phi) is 4.55. The largest absolute Gasteiger partial charge is 0.508 e. The zero-order chi connectivity index (χ0) is 11.3. The number of nitrogens with two attached hydrogens (primary N) is 1. The standard InChI is InChI=1S/C11H18N2O2/c1-13(6-5-12)8-11(15)9-3-2-4-10(14)7-9/h2-4,7,11,14-15H,5-6,8,12H2,1H3/t11-/m1/s1. The van der Waals surface area contributed by atoms with Crippen molar-refractivity contribution in [1.29, 1.82) is 0 Å². The van der Waals surface area contributed by atoms with E-state index < -0.39 is 6.10 Å². The molecule has 0 saturated carbocycles. The van der Waals surface area contributed by atoms with Crippen LogP contribution in [0.5, 0.6) is 5.75 Å². The summed E-state index contributed by atoms with van der Waals surface area (Å²) < 4.78 is 0. The molecule has 0 unspecified atom stereocenters. The van der Waals surface area contributed by atoms with Crippen LogP contribution in [0.3, 0.4) is 0 Å². The fourth-order valence-electron chi connectivity index (χ4n) is 1.44. The Hall–Kier alpha value is -1.10. The highest BCUT2D eigenvalue weighted by molar-refractivity contribution is 5.28. The van der Waals surface area contributed by atoms with E-state index in [0.29, 0.717) is 13.1 Å². The third-order valence-corrected chi connectivity index (χ3v) is 2.25. The van der Waals surface area contributed by atoms with Crippen molar-refractivity contribution >= 4 is 0 Å². The molecule has 0 fully saturated rings. The SMILES string of the molecule is CN(CCN)C[C@@H](O)c1cccc(O)c1. The second-order valence-corrected chi connectivity index (χ2v) is 3.66. The van der Waals surface area contributed by atoms with E-state index in [0.717, 1.165) is 12.1 Å². The lowest BCUT2D eigenvalue weighted by Crippen LogP contribution is -2.29. The monoisotopic (exact) mass is 210 g/mol. The van der Waals surface area contributed by atoms with Crippen LogP contribution in [-0.2, 0) is 0 Å². The summed E-state index contributed by atoms with van der Waals surface area (Å²) in [6, 6.07) is 6.66. The number of aliphatic hydroxyl groups is 1. The second-order valence-electron chi connectivity index (χ2n) is 3.66. The van der Waals surface area contributed by atoms with Crippen molar-refractivity contribution in [2.45, 2.75) is 6.10 Å². The molecule has 0 aromatic heterocycles. The topological polar surface area (TPSA) is 69.7 Å². The molecule has 0 aliphatic rings. The van der Waals surface area contributed by atoms with Gasteiger partial charge in [0.1, 0.15) is 5.75 Å². The summed E-state index contributed by atoms with van der Waals surface area (Å²) in [4.78, 5) is 1.95. The first kappa shape index (κ1) is 12.0. The van der Waals surface area contributed by atoms with Gasteiger partial charge < -0.3 is 20.8 Å². The molecule has 0 aliphatic heterocycles. The van der Waals surface area contributed by atoms with Crippen molar-refractivity contribution in [3.8, 4) is 5.75 Å². The fourth-order valence-corrected chi connectivity index (χ4v) is 1.44. The zero-order valence-corrected chi connectivity index (χ0v) is 8.93. The number of hydrogen-bond donors (Lipinski definition) is 3. The third kappa shape index (κ3) is 3.87. The van der Waals surface area contributed by atoms with E-state index in [1.807, 2.05) is 11.9 Å². The Morgan fingerprint density at radius 1 is 1.47 bits per heavy atom. The molecule has 0 aliphatic carbocycles. The van der Waals surface area contributed by atoms with Crippen LogP contribution in [0.25, 0.3) is 0 Å². The van der Waals surface area contributed by atoms with Crippen LogP contribution in [0.2, 0.25) is 0 Å². The van der Waals surface area contributed by atoms with Gasteiger partial charge in [-0.2, -0.15) is 0 Å². The summed E-state index contributed by atoms with van der Waals surface area (Å²) in [5.74, 6) is 0.174. The van der Waals surface area contributed by atoms with Gasteiger partial charge in [0, 0.05) is 19.6 Å². The molecule has 0 amide bonds. The van der Waals surface area contributed by atoms with Crippen molar-refractivity contribution in [2.75, 3.05) is 26.7 Å². The highest BCUT2D eigenvalue weighted by atomic mass is 16.3. The summed E-state index contributed by atoms with van der Waals surface area (Å²) in [5, 5.41) is 19.1. The Balaban J connectivity index is 2.56. The van der Waals surface area contributed by atoms with Crippen molar-refractivity contribution in [3.05, 3.63) is 29.8 Å². The first-order valence-corrected chi connectivity index (χ1v) is 4.99. The van der Waals surface area contributed by atoms with Crippen LogP contribution in [-0.4, -0.2) is 41.8 Å². The lowest BCUT2D eigenvalue weighted by molar-refractivity contribution is 0.128. The summed E-state index contributed by atoms with van der Waals surface area (Å²) >= 11 is 0. The van der Waals surface area contributed by atoms with E-state index in [9.17, 15) is 10.2 Å². The number of benzene rings is 1. The summed E-state index contributed by atoms with van der Waals surface area (Å²) in [7, 11) is 1.90. The van der Waals surface area contributed by atoms with Crippen LogP contribution in [0.1, 0.15) is 11.7 Å². The number of aliphatic hydroxyl groups excluding tert-OH is 1. The van der Waals surface area contributed by atoms with Crippen LogP contribution in [0, 0.1) is 0 Å². The molecule has 15 heavy (non-hydrogen) atoms. The normalized spacial score (nSPS) is 13.1. The van der Waals surface area contributed by atoms with Gasteiger partial charge in [-0.3, -0.25) is 0 Å². The molecule has 0 bridgehead atoms. The molecule has 1 rings (SSSR count). The van der Waals surface area contributed by atoms with Gasteiger partial charge in [-0.15, -0.1) is 0 Å². The minimum absolute atomic E-state index is 0.174. The van der Waals surface area contributed by atoms with Gasteiger partial charge in [-0.05, 0) is 24.7 Å². The average molecular weight is 210 g/mol. The number of aromatic hydroxyl groups is 1. The first-order valence-electron chi connectivity index (χ1n) is 4.99. The van der Waals surface area contributed by atoms with Crippen LogP contribution in [0.15, 0.2) is 24.3 Å². The molecule has 0 saturated heterocycles. The number of phenolic OH excluding ortho intramolecular Hbond substituents is 1. The fraction of sp³-hybridized carbons (Fsp3) is 0.455. The van der Waals surface area contributed by atoms with Gasteiger partial charge in [0.25, 0.3) is 0 Å². The molecule has 4 nitrogen and oxygen atoms in total. The summed E-state index contributed by atoms with van der Waals surface area (Å²) in [6.45, 7) is 1.83. The van der Waals surface area contributed by atoms with E-state index in [1.165, 1.54) is 0 Å². The molecule has 84 valence electrons. The molecule has 1 atom stereocenters. The van der Waals surface area contributed by atoms with Crippen molar-refractivity contribution in [3.63, 3.8) is 0 Å². The van der Waals surface area contributed by atoms with Gasteiger partial charge in [0.05, 0.1) is 6.10 Å². The maximum atomic E-state index is 9.85. The van der Waals surface area contributed by atoms with E-state index in [4.69, 9.17) is 5.73 Å². The predicted octanol–water partition coefficient (Wildman–Crippen LogP) is 0.316. The molecule has 1 aromatic rings. The molecular formula is C11H18N2O2. The zero-order valence-electron chi connectivity index (χ0n) is 8.93. The third-order valence-electron chi connectivity index (χ3n) is 2.25. The lowest BCUT2D eigenvalue weighted by atomic mass is 10.1. The van der Waals surface area contributed by atoms with Gasteiger partial charge in [0.15, 0.2) is 0 Å². The minimum Gasteiger partial charge on any atom is -0.508 e. The Morgan fingerprint density at radius 3 is 2.80 bits per heavy atom. The van der Waals surface area contributed by atoms with Crippen LogP contribution >= 0.6 is 0 Å². The van der Waals surface area contributed by atoms with Gasteiger partial charge >= 0.3 is 0 Å². The molecule has 0 spiro atoms. The second kappa shape index (κ2) is 5.70. The Labute approximate surface area is 89.9 Å². The van der Waals surface area contributed by atoms with E-state index >= 15 is 0 Å². The molecular weight excluding hydrogens is 192 g/mol. The maximum absolute atomic E-state index is 9.85. The number of nitrogens with zero attached hydrogens (tertiary/aromatic N) is 1. The molecule has 1 aromatic carbocycles. The maximum Gasteiger partial charge on any atom is 0.115 e. The molecule has 4 heteroatoms. The molecule has 0 radical (unpaired) electrons. The smallest absolute Gasteiger partial charge is 0.115 e. The van der Waals surface area contributed by atoms with Crippen molar-refractivity contribution in [2.24, 2.45) is 5.73 Å². The van der Waals surface area contributed by atoms with Crippen LogP contribution < -0.4 is 5.73 Å². The van der Waals surface area contributed by atoms with E-state index in [1.54, 1.807) is 24.3 Å². The Morgan fingerprint density at radius 2 is 2.20 bits per heavy atom. The highest BCUT2D eigenvalue weighted by Crippen LogP contribution is 2.18. The van der Waals surface area contributed by atoms with Gasteiger partial charge in [0.2, 0.25) is 0 Å². The molecule has 0 heterocycles. The van der Waals surface area contributed by atoms with Crippen molar-refractivity contribution in [1.82, 2.24) is 4.90 Å².